The van der Waals surface area contributed by atoms with Crippen LogP contribution in [0.15, 0.2) is 0 Å². The molecule has 0 saturated carbocycles. The standard InChI is InChI=1S/C16H32N2/c1-4-7-16(8-10-17-11-9-16)13-18-12-14(2)5-6-15(18)3/h14-15,17H,4-13H2,1-3H3. The van der Waals surface area contributed by atoms with Crippen LogP contribution in [0.5, 0.6) is 0 Å². The maximum absolute atomic E-state index is 3.54. The van der Waals surface area contributed by atoms with Crippen LogP contribution in [0.2, 0.25) is 0 Å². The van der Waals surface area contributed by atoms with Crippen molar-refractivity contribution in [3.63, 3.8) is 0 Å². The van der Waals surface area contributed by atoms with Gasteiger partial charge in [-0.3, -0.25) is 4.90 Å². The molecule has 2 aliphatic heterocycles. The van der Waals surface area contributed by atoms with Gasteiger partial charge in [-0.15, -0.1) is 0 Å². The van der Waals surface area contributed by atoms with E-state index in [4.69, 9.17) is 0 Å². The summed E-state index contributed by atoms with van der Waals surface area (Å²) in [6.07, 6.45) is 8.38. The number of rotatable bonds is 4. The zero-order chi connectivity index (χ0) is 13.0. The number of nitrogens with zero attached hydrogens (tertiary/aromatic N) is 1. The topological polar surface area (TPSA) is 15.3 Å². The summed E-state index contributed by atoms with van der Waals surface area (Å²) in [6.45, 7) is 12.4. The molecular formula is C16H32N2. The molecule has 2 nitrogen and oxygen atoms in total. The zero-order valence-corrected chi connectivity index (χ0v) is 12.7. The van der Waals surface area contributed by atoms with E-state index in [1.165, 1.54) is 64.7 Å². The van der Waals surface area contributed by atoms with Crippen molar-refractivity contribution < 1.29 is 0 Å². The van der Waals surface area contributed by atoms with Crippen LogP contribution in [0.1, 0.15) is 59.3 Å². The Morgan fingerprint density at radius 3 is 2.56 bits per heavy atom. The summed E-state index contributed by atoms with van der Waals surface area (Å²) in [6, 6.07) is 0.810. The molecule has 0 bridgehead atoms. The number of likely N-dealkylation sites (tertiary alicyclic amines) is 1. The molecule has 18 heavy (non-hydrogen) atoms. The van der Waals surface area contributed by atoms with Gasteiger partial charge in [0.1, 0.15) is 0 Å². The fraction of sp³-hybridized carbons (Fsp3) is 1.00. The molecule has 106 valence electrons. The van der Waals surface area contributed by atoms with Crippen molar-refractivity contribution in [2.75, 3.05) is 26.2 Å². The van der Waals surface area contributed by atoms with Gasteiger partial charge < -0.3 is 5.32 Å². The predicted octanol–water partition coefficient (Wildman–Crippen LogP) is 3.28. The summed E-state index contributed by atoms with van der Waals surface area (Å²) in [5.74, 6) is 0.904. The molecule has 2 atom stereocenters. The molecule has 2 saturated heterocycles. The molecule has 0 aromatic rings. The highest BCUT2D eigenvalue weighted by Gasteiger charge is 2.35. The Bertz CT molecular complexity index is 240. The number of piperidine rings is 2. The van der Waals surface area contributed by atoms with Crippen LogP contribution in [-0.2, 0) is 0 Å². The minimum atomic E-state index is 0.616. The Morgan fingerprint density at radius 2 is 1.89 bits per heavy atom. The Labute approximate surface area is 114 Å². The highest BCUT2D eigenvalue weighted by atomic mass is 15.2. The lowest BCUT2D eigenvalue weighted by Crippen LogP contribution is -2.50. The lowest BCUT2D eigenvalue weighted by Gasteiger charge is -2.46. The number of hydrogen-bond donors (Lipinski definition) is 1. The van der Waals surface area contributed by atoms with Gasteiger partial charge in [0.05, 0.1) is 0 Å². The smallest absolute Gasteiger partial charge is 0.00673 e. The Kier molecular flexibility index (Phi) is 5.08. The summed E-state index contributed by atoms with van der Waals surface area (Å²) in [7, 11) is 0. The first kappa shape index (κ1) is 14.3. The van der Waals surface area contributed by atoms with Crippen molar-refractivity contribution in [2.24, 2.45) is 11.3 Å². The first-order chi connectivity index (χ1) is 8.65. The maximum Gasteiger partial charge on any atom is 0.00673 e. The van der Waals surface area contributed by atoms with E-state index >= 15 is 0 Å². The molecule has 2 aliphatic rings. The number of nitrogens with one attached hydrogen (secondary N) is 1. The summed E-state index contributed by atoms with van der Waals surface area (Å²) in [5, 5.41) is 3.54. The molecule has 0 spiro atoms. The molecule has 0 aliphatic carbocycles. The minimum absolute atomic E-state index is 0.616. The predicted molar refractivity (Wildman–Crippen MR) is 78.9 cm³/mol. The first-order valence-electron chi connectivity index (χ1n) is 8.10. The molecule has 1 N–H and O–H groups in total. The summed E-state index contributed by atoms with van der Waals surface area (Å²) in [5.41, 5.74) is 0.616. The average Bonchev–Trinajstić information content (AvgIpc) is 2.35. The fourth-order valence-corrected chi connectivity index (χ4v) is 4.01. The van der Waals surface area contributed by atoms with Gasteiger partial charge in [0.15, 0.2) is 0 Å². The van der Waals surface area contributed by atoms with Crippen molar-refractivity contribution in [1.29, 1.82) is 0 Å². The van der Waals surface area contributed by atoms with E-state index in [9.17, 15) is 0 Å². The maximum atomic E-state index is 3.54. The number of hydrogen-bond acceptors (Lipinski definition) is 2. The lowest BCUT2D eigenvalue weighted by molar-refractivity contribution is 0.0434. The van der Waals surface area contributed by atoms with Gasteiger partial charge in [-0.1, -0.05) is 20.3 Å². The molecule has 2 heterocycles. The van der Waals surface area contributed by atoms with E-state index in [2.05, 4.69) is 31.0 Å². The second-order valence-corrected chi connectivity index (χ2v) is 6.96. The van der Waals surface area contributed by atoms with Gasteiger partial charge in [0.25, 0.3) is 0 Å². The van der Waals surface area contributed by atoms with Crippen molar-refractivity contribution in [1.82, 2.24) is 10.2 Å². The molecule has 0 aromatic carbocycles. The van der Waals surface area contributed by atoms with Crippen LogP contribution >= 0.6 is 0 Å². The van der Waals surface area contributed by atoms with Crippen LogP contribution in [0.25, 0.3) is 0 Å². The third-order valence-electron chi connectivity index (χ3n) is 5.23. The largest absolute Gasteiger partial charge is 0.317 e. The molecule has 0 amide bonds. The highest BCUT2D eigenvalue weighted by molar-refractivity contribution is 4.90. The van der Waals surface area contributed by atoms with E-state index in [1.54, 1.807) is 0 Å². The van der Waals surface area contributed by atoms with Gasteiger partial charge in [0.2, 0.25) is 0 Å². The lowest BCUT2D eigenvalue weighted by atomic mass is 9.74. The van der Waals surface area contributed by atoms with Gasteiger partial charge >= 0.3 is 0 Å². The van der Waals surface area contributed by atoms with Gasteiger partial charge in [-0.2, -0.15) is 0 Å². The van der Waals surface area contributed by atoms with Crippen molar-refractivity contribution in [3.05, 3.63) is 0 Å². The highest BCUT2D eigenvalue weighted by Crippen LogP contribution is 2.37. The van der Waals surface area contributed by atoms with E-state index in [0.29, 0.717) is 5.41 Å². The Morgan fingerprint density at radius 1 is 1.17 bits per heavy atom. The van der Waals surface area contributed by atoms with Crippen LogP contribution in [0.4, 0.5) is 0 Å². The second kappa shape index (κ2) is 6.38. The van der Waals surface area contributed by atoms with Gasteiger partial charge in [0, 0.05) is 19.1 Å². The molecule has 0 radical (unpaired) electrons. The van der Waals surface area contributed by atoms with E-state index in [-0.39, 0.29) is 0 Å². The van der Waals surface area contributed by atoms with Crippen molar-refractivity contribution in [2.45, 2.75) is 65.3 Å². The monoisotopic (exact) mass is 252 g/mol. The van der Waals surface area contributed by atoms with Crippen LogP contribution in [0, 0.1) is 11.3 Å². The molecular weight excluding hydrogens is 220 g/mol. The third-order valence-corrected chi connectivity index (χ3v) is 5.23. The Balaban J connectivity index is 1.98. The normalized spacial score (nSPS) is 33.5. The molecule has 2 heteroatoms. The molecule has 2 rings (SSSR count). The first-order valence-corrected chi connectivity index (χ1v) is 8.10. The van der Waals surface area contributed by atoms with Crippen molar-refractivity contribution in [3.8, 4) is 0 Å². The third kappa shape index (κ3) is 3.48. The van der Waals surface area contributed by atoms with E-state index in [0.717, 1.165) is 12.0 Å². The van der Waals surface area contributed by atoms with Gasteiger partial charge in [-0.05, 0) is 63.5 Å². The summed E-state index contributed by atoms with van der Waals surface area (Å²) < 4.78 is 0. The van der Waals surface area contributed by atoms with Gasteiger partial charge in [-0.25, -0.2) is 0 Å². The van der Waals surface area contributed by atoms with E-state index < -0.39 is 0 Å². The van der Waals surface area contributed by atoms with Crippen LogP contribution in [0.3, 0.4) is 0 Å². The van der Waals surface area contributed by atoms with Crippen molar-refractivity contribution >= 4 is 0 Å². The minimum Gasteiger partial charge on any atom is -0.317 e. The molecule has 2 fully saturated rings. The molecule has 0 aromatic heterocycles. The second-order valence-electron chi connectivity index (χ2n) is 6.96. The molecule has 2 unspecified atom stereocenters. The zero-order valence-electron chi connectivity index (χ0n) is 12.7. The average molecular weight is 252 g/mol. The Hall–Kier alpha value is -0.0800. The van der Waals surface area contributed by atoms with Crippen LogP contribution in [-0.4, -0.2) is 37.1 Å². The quantitative estimate of drug-likeness (QED) is 0.826. The summed E-state index contributed by atoms with van der Waals surface area (Å²) in [4.78, 5) is 2.80. The van der Waals surface area contributed by atoms with E-state index in [1.807, 2.05) is 0 Å². The SMILES string of the molecule is CCCC1(CN2CC(C)CCC2C)CCNCC1. The summed E-state index contributed by atoms with van der Waals surface area (Å²) >= 11 is 0. The van der Waals surface area contributed by atoms with Crippen LogP contribution < -0.4 is 5.32 Å². The fourth-order valence-electron chi connectivity index (χ4n) is 4.01.